The highest BCUT2D eigenvalue weighted by atomic mass is 32.1. The van der Waals surface area contributed by atoms with Crippen LogP contribution in [-0.4, -0.2) is 29.4 Å². The second kappa shape index (κ2) is 7.17. The Hall–Kier alpha value is -2.86. The van der Waals surface area contributed by atoms with Crippen molar-refractivity contribution >= 4 is 28.8 Å². The zero-order valence-corrected chi connectivity index (χ0v) is 14.3. The number of hydrogen-bond donors (Lipinski definition) is 1. The Morgan fingerprint density at radius 1 is 1.38 bits per heavy atom. The normalized spacial score (nSPS) is 17.7. The summed E-state index contributed by atoms with van der Waals surface area (Å²) in [6.45, 7) is 0.417. The van der Waals surface area contributed by atoms with Gasteiger partial charge in [-0.05, 0) is 37.1 Å². The first-order valence-corrected chi connectivity index (χ1v) is 8.71. The van der Waals surface area contributed by atoms with Crippen molar-refractivity contribution in [1.29, 1.82) is 5.26 Å². The number of rotatable bonds is 4. The second-order valence-corrected chi connectivity index (χ2v) is 6.62. The van der Waals surface area contributed by atoms with Crippen LogP contribution in [0.1, 0.15) is 23.4 Å². The van der Waals surface area contributed by atoms with E-state index in [1.54, 1.807) is 24.3 Å². The van der Waals surface area contributed by atoms with E-state index in [1.165, 1.54) is 16.5 Å². The number of nitriles is 1. The summed E-state index contributed by atoms with van der Waals surface area (Å²) in [7, 11) is 0. The molecule has 1 fully saturated rings. The van der Waals surface area contributed by atoms with Gasteiger partial charge in [0.1, 0.15) is 6.04 Å². The number of anilines is 1. The number of aromatic nitrogens is 1. The molecule has 1 atom stereocenters. The minimum absolute atomic E-state index is 0.283. The average molecular weight is 376 g/mol. The molecule has 26 heavy (non-hydrogen) atoms. The van der Waals surface area contributed by atoms with Crippen molar-refractivity contribution < 1.29 is 18.4 Å². The topological polar surface area (TPSA) is 86.1 Å². The second-order valence-electron chi connectivity index (χ2n) is 5.73. The summed E-state index contributed by atoms with van der Waals surface area (Å²) >= 11 is 0.678. The smallest absolute Gasteiger partial charge is 0.339 e. The fourth-order valence-electron chi connectivity index (χ4n) is 2.71. The minimum atomic E-state index is -3.79. The SMILES string of the molecule is N#Cc1ccc(N2CCCC(NC(=O)C(F)(F)c3nccs3)C2=O)cc1. The van der Waals surface area contributed by atoms with Crippen LogP contribution >= 0.6 is 11.3 Å². The molecular formula is C17H14F2N4O2S. The van der Waals surface area contributed by atoms with Crippen LogP contribution in [0.5, 0.6) is 0 Å². The van der Waals surface area contributed by atoms with Gasteiger partial charge in [0.15, 0.2) is 5.01 Å². The van der Waals surface area contributed by atoms with Gasteiger partial charge in [-0.2, -0.15) is 14.0 Å². The number of hydrogen-bond acceptors (Lipinski definition) is 5. The van der Waals surface area contributed by atoms with Gasteiger partial charge in [-0.1, -0.05) is 0 Å². The highest BCUT2D eigenvalue weighted by molar-refractivity contribution is 7.09. The molecule has 1 saturated heterocycles. The number of benzene rings is 1. The molecule has 1 aromatic heterocycles. The maximum absolute atomic E-state index is 14.1. The summed E-state index contributed by atoms with van der Waals surface area (Å²) in [6, 6.07) is 7.33. The average Bonchev–Trinajstić information content (AvgIpc) is 3.19. The van der Waals surface area contributed by atoms with Gasteiger partial charge < -0.3 is 10.2 Å². The van der Waals surface area contributed by atoms with Gasteiger partial charge >= 0.3 is 5.92 Å². The van der Waals surface area contributed by atoms with Gasteiger partial charge in [0.05, 0.1) is 11.6 Å². The number of alkyl halides is 2. The van der Waals surface area contributed by atoms with E-state index in [0.717, 1.165) is 0 Å². The van der Waals surface area contributed by atoms with Gasteiger partial charge in [0, 0.05) is 23.8 Å². The first-order valence-electron chi connectivity index (χ1n) is 7.84. The fraction of sp³-hybridized carbons (Fsp3) is 0.294. The van der Waals surface area contributed by atoms with E-state index in [1.807, 2.05) is 6.07 Å². The van der Waals surface area contributed by atoms with E-state index >= 15 is 0 Å². The number of carbonyl (C=O) groups is 2. The molecule has 0 spiro atoms. The Morgan fingerprint density at radius 3 is 2.73 bits per heavy atom. The van der Waals surface area contributed by atoms with Crippen molar-refractivity contribution in [2.24, 2.45) is 0 Å². The van der Waals surface area contributed by atoms with Gasteiger partial charge in [0.25, 0.3) is 5.91 Å². The first kappa shape index (κ1) is 17.9. The molecule has 1 aliphatic rings. The van der Waals surface area contributed by atoms with E-state index in [9.17, 15) is 18.4 Å². The van der Waals surface area contributed by atoms with Gasteiger partial charge in [-0.15, -0.1) is 11.3 Å². The van der Waals surface area contributed by atoms with Gasteiger partial charge in [-0.3, -0.25) is 9.59 Å². The molecule has 1 aromatic carbocycles. The monoisotopic (exact) mass is 376 g/mol. The molecule has 2 aromatic rings. The van der Waals surface area contributed by atoms with Crippen molar-refractivity contribution in [3.8, 4) is 6.07 Å². The predicted molar refractivity (Wildman–Crippen MR) is 90.7 cm³/mol. The number of piperidine rings is 1. The summed E-state index contributed by atoms with van der Waals surface area (Å²) < 4.78 is 28.3. The Kier molecular flexibility index (Phi) is 4.95. The molecule has 6 nitrogen and oxygen atoms in total. The largest absolute Gasteiger partial charge is 0.375 e. The summed E-state index contributed by atoms with van der Waals surface area (Å²) in [5.41, 5.74) is 1.01. The zero-order valence-electron chi connectivity index (χ0n) is 13.5. The summed E-state index contributed by atoms with van der Waals surface area (Å²) in [5, 5.41) is 11.7. The van der Waals surface area contributed by atoms with E-state index in [4.69, 9.17) is 5.26 Å². The molecule has 0 bridgehead atoms. The lowest BCUT2D eigenvalue weighted by atomic mass is 10.0. The summed E-state index contributed by atoms with van der Waals surface area (Å²) in [6.07, 6.45) is 2.03. The maximum atomic E-state index is 14.1. The molecule has 0 aliphatic carbocycles. The Bertz CT molecular complexity index is 847. The van der Waals surface area contributed by atoms with Crippen LogP contribution in [0.25, 0.3) is 0 Å². The molecule has 2 heterocycles. The number of halogens is 2. The third-order valence-corrected chi connectivity index (χ3v) is 4.88. The molecule has 2 amide bonds. The highest BCUT2D eigenvalue weighted by Gasteiger charge is 2.45. The van der Waals surface area contributed by atoms with Crippen molar-refractivity contribution in [2.45, 2.75) is 24.8 Å². The van der Waals surface area contributed by atoms with Crippen molar-refractivity contribution in [2.75, 3.05) is 11.4 Å². The van der Waals surface area contributed by atoms with Gasteiger partial charge in [-0.25, -0.2) is 4.98 Å². The van der Waals surface area contributed by atoms with Crippen LogP contribution in [0.4, 0.5) is 14.5 Å². The van der Waals surface area contributed by atoms with Crippen LogP contribution < -0.4 is 10.2 Å². The van der Waals surface area contributed by atoms with E-state index < -0.39 is 28.8 Å². The highest BCUT2D eigenvalue weighted by Crippen LogP contribution is 2.30. The number of carbonyl (C=O) groups excluding carboxylic acids is 2. The molecule has 1 N–H and O–H groups in total. The van der Waals surface area contributed by atoms with Crippen molar-refractivity contribution in [3.63, 3.8) is 0 Å². The van der Waals surface area contributed by atoms with Crippen LogP contribution in [0, 0.1) is 11.3 Å². The van der Waals surface area contributed by atoms with Gasteiger partial charge in [0.2, 0.25) is 5.91 Å². The van der Waals surface area contributed by atoms with Crippen molar-refractivity contribution in [1.82, 2.24) is 10.3 Å². The summed E-state index contributed by atoms with van der Waals surface area (Å²) in [4.78, 5) is 29.5. The lowest BCUT2D eigenvalue weighted by Gasteiger charge is -2.33. The van der Waals surface area contributed by atoms with E-state index in [0.29, 0.717) is 35.6 Å². The van der Waals surface area contributed by atoms with Crippen LogP contribution in [-0.2, 0) is 15.5 Å². The summed E-state index contributed by atoms with van der Waals surface area (Å²) in [5.74, 6) is -5.78. The van der Waals surface area contributed by atoms with E-state index in [-0.39, 0.29) is 6.42 Å². The van der Waals surface area contributed by atoms with Crippen LogP contribution in [0.2, 0.25) is 0 Å². The number of nitrogens with zero attached hydrogens (tertiary/aromatic N) is 3. The van der Waals surface area contributed by atoms with Crippen LogP contribution in [0.3, 0.4) is 0 Å². The van der Waals surface area contributed by atoms with E-state index in [2.05, 4.69) is 10.3 Å². The predicted octanol–water partition coefficient (Wildman–Crippen LogP) is 2.42. The Morgan fingerprint density at radius 2 is 2.12 bits per heavy atom. The molecule has 0 radical (unpaired) electrons. The molecule has 0 saturated carbocycles. The maximum Gasteiger partial charge on any atom is 0.375 e. The number of thiazole rings is 1. The van der Waals surface area contributed by atoms with Crippen molar-refractivity contribution in [3.05, 3.63) is 46.4 Å². The lowest BCUT2D eigenvalue weighted by Crippen LogP contribution is -2.55. The third-order valence-electron chi connectivity index (χ3n) is 4.04. The first-order chi connectivity index (χ1) is 12.4. The molecule has 9 heteroatoms. The quantitative estimate of drug-likeness (QED) is 0.888. The number of amides is 2. The lowest BCUT2D eigenvalue weighted by molar-refractivity contribution is -0.149. The Balaban J connectivity index is 1.73. The number of nitrogens with one attached hydrogen (secondary N) is 1. The molecule has 1 aliphatic heterocycles. The standard InChI is InChI=1S/C17H14F2N4O2S/c18-17(19,16-21-7-9-26-16)15(25)22-13-2-1-8-23(14(13)24)12-5-3-11(10-20)4-6-12/h3-7,9,13H,1-2,8H2,(H,22,25). The zero-order chi connectivity index (χ0) is 18.7. The molecule has 134 valence electrons. The third kappa shape index (κ3) is 3.41. The minimum Gasteiger partial charge on any atom is -0.339 e. The molecule has 1 unspecified atom stereocenters. The Labute approximate surface area is 152 Å². The molecule has 3 rings (SSSR count). The molecular weight excluding hydrogens is 362 g/mol. The van der Waals surface area contributed by atoms with Crippen LogP contribution in [0.15, 0.2) is 35.8 Å². The fourth-order valence-corrected chi connectivity index (χ4v) is 3.32.